The standard InChI is InChI=1S/C22H23FN4O4S/c1-13-7-15(27-32(29)5-2-6-32)9-17-21(13)22(25-12-24-17)26-16-4-3-14(23)8-19(16)31-20-11-30-10-18(20)28/h3-4,7-9,12,18,20,28H,2,5-6,10-11H2,1H3,(H,24,25,26)/t18-,20-/m0/s1. The maximum atomic E-state index is 13.9. The molecule has 0 bridgehead atoms. The van der Waals surface area contributed by atoms with Crippen LogP contribution in [0.15, 0.2) is 41.0 Å². The Balaban J connectivity index is 1.51. The number of nitrogens with one attached hydrogen (secondary N) is 1. The van der Waals surface area contributed by atoms with Gasteiger partial charge in [-0.05, 0) is 43.2 Å². The second-order valence-electron chi connectivity index (χ2n) is 8.03. The molecule has 10 heteroatoms. The smallest absolute Gasteiger partial charge is 0.150 e. The van der Waals surface area contributed by atoms with E-state index in [0.717, 1.165) is 17.4 Å². The quantitative estimate of drug-likeness (QED) is 0.603. The van der Waals surface area contributed by atoms with Gasteiger partial charge < -0.3 is 19.9 Å². The minimum Gasteiger partial charge on any atom is -0.483 e. The Morgan fingerprint density at radius 2 is 2.09 bits per heavy atom. The molecule has 2 aliphatic rings. The molecule has 3 heterocycles. The van der Waals surface area contributed by atoms with Crippen molar-refractivity contribution in [3.63, 3.8) is 0 Å². The molecule has 0 unspecified atom stereocenters. The first-order valence-corrected chi connectivity index (χ1v) is 12.2. The second-order valence-corrected chi connectivity index (χ2v) is 10.6. The summed E-state index contributed by atoms with van der Waals surface area (Å²) >= 11 is 0. The van der Waals surface area contributed by atoms with Crippen LogP contribution in [0.1, 0.15) is 12.0 Å². The molecule has 8 nitrogen and oxygen atoms in total. The first kappa shape index (κ1) is 21.0. The third-order valence-electron chi connectivity index (χ3n) is 5.59. The number of aryl methyl sites for hydroxylation is 1. The highest BCUT2D eigenvalue weighted by Gasteiger charge is 2.29. The summed E-state index contributed by atoms with van der Waals surface area (Å²) in [6.07, 6.45) is 1.00. The van der Waals surface area contributed by atoms with Gasteiger partial charge in [0.1, 0.15) is 29.8 Å². The molecular formula is C22H23FN4O4S. The number of rotatable bonds is 5. The zero-order chi connectivity index (χ0) is 22.3. The van der Waals surface area contributed by atoms with Crippen molar-refractivity contribution in [2.24, 2.45) is 4.36 Å². The lowest BCUT2D eigenvalue weighted by atomic mass is 10.1. The van der Waals surface area contributed by atoms with Crippen LogP contribution in [0, 0.1) is 12.7 Å². The van der Waals surface area contributed by atoms with Crippen LogP contribution in [0.5, 0.6) is 5.75 Å². The molecule has 2 saturated heterocycles. The molecule has 32 heavy (non-hydrogen) atoms. The van der Waals surface area contributed by atoms with Gasteiger partial charge in [0.15, 0.2) is 6.10 Å². The van der Waals surface area contributed by atoms with Crippen LogP contribution in [-0.4, -0.2) is 56.2 Å². The number of hydrogen-bond donors (Lipinski definition) is 2. The molecular weight excluding hydrogens is 435 g/mol. The zero-order valence-corrected chi connectivity index (χ0v) is 18.3. The van der Waals surface area contributed by atoms with E-state index in [1.54, 1.807) is 12.1 Å². The van der Waals surface area contributed by atoms with Gasteiger partial charge in [0, 0.05) is 23.0 Å². The van der Waals surface area contributed by atoms with E-state index in [1.807, 2.05) is 13.0 Å². The molecule has 0 radical (unpaired) electrons. The Labute approximate surface area is 185 Å². The molecule has 0 amide bonds. The Morgan fingerprint density at radius 1 is 1.25 bits per heavy atom. The van der Waals surface area contributed by atoms with E-state index < -0.39 is 27.8 Å². The van der Waals surface area contributed by atoms with E-state index in [1.165, 1.54) is 18.5 Å². The summed E-state index contributed by atoms with van der Waals surface area (Å²) in [6.45, 7) is 2.32. The Morgan fingerprint density at radius 3 is 2.81 bits per heavy atom. The Hall–Kier alpha value is -2.82. The summed E-state index contributed by atoms with van der Waals surface area (Å²) < 4.78 is 42.0. The van der Waals surface area contributed by atoms with E-state index in [9.17, 15) is 13.7 Å². The van der Waals surface area contributed by atoms with Crippen molar-refractivity contribution in [3.8, 4) is 5.75 Å². The van der Waals surface area contributed by atoms with Gasteiger partial charge in [0.05, 0.1) is 39.8 Å². The number of nitrogens with zero attached hydrogens (tertiary/aromatic N) is 3. The van der Waals surface area contributed by atoms with Crippen LogP contribution in [-0.2, 0) is 14.5 Å². The second kappa shape index (κ2) is 8.27. The van der Waals surface area contributed by atoms with E-state index in [4.69, 9.17) is 9.47 Å². The lowest BCUT2D eigenvalue weighted by molar-refractivity contribution is 0.0736. The van der Waals surface area contributed by atoms with Gasteiger partial charge in [-0.15, -0.1) is 0 Å². The molecule has 3 aromatic rings. The average molecular weight is 459 g/mol. The van der Waals surface area contributed by atoms with Crippen molar-refractivity contribution in [3.05, 3.63) is 48.0 Å². The number of aromatic nitrogens is 2. The molecule has 5 rings (SSSR count). The zero-order valence-electron chi connectivity index (χ0n) is 17.5. The number of halogens is 1. The van der Waals surface area contributed by atoms with E-state index in [-0.39, 0.29) is 19.0 Å². The van der Waals surface area contributed by atoms with Crippen molar-refractivity contribution in [1.82, 2.24) is 9.97 Å². The molecule has 0 spiro atoms. The molecule has 2 N–H and O–H groups in total. The third-order valence-corrected chi connectivity index (χ3v) is 7.99. The van der Waals surface area contributed by atoms with Gasteiger partial charge in [-0.1, -0.05) is 0 Å². The van der Waals surface area contributed by atoms with E-state index >= 15 is 0 Å². The normalized spacial score (nSPS) is 21.8. The molecule has 2 aromatic carbocycles. The first-order valence-electron chi connectivity index (χ1n) is 10.4. The fraction of sp³-hybridized carbons (Fsp3) is 0.364. The van der Waals surface area contributed by atoms with Crippen LogP contribution >= 0.6 is 0 Å². The lowest BCUT2D eigenvalue weighted by Gasteiger charge is -2.20. The number of fused-ring (bicyclic) bond motifs is 1. The Kier molecular flexibility index (Phi) is 5.44. The fourth-order valence-corrected chi connectivity index (χ4v) is 5.27. The van der Waals surface area contributed by atoms with Gasteiger partial charge >= 0.3 is 0 Å². The average Bonchev–Trinajstić information content (AvgIpc) is 3.13. The number of benzene rings is 2. The first-order chi connectivity index (χ1) is 15.4. The van der Waals surface area contributed by atoms with Crippen molar-refractivity contribution >= 4 is 37.8 Å². The molecule has 2 fully saturated rings. The topological polar surface area (TPSA) is 106 Å². The highest BCUT2D eigenvalue weighted by molar-refractivity contribution is 7.95. The maximum Gasteiger partial charge on any atom is 0.150 e. The molecule has 168 valence electrons. The SMILES string of the molecule is Cc1cc(N=S2(=O)CCC2)cc2ncnc(Nc3ccc(F)cc3O[C@H]3COC[C@@H]3O)c12. The largest absolute Gasteiger partial charge is 0.483 e. The van der Waals surface area contributed by atoms with Crippen molar-refractivity contribution in [2.45, 2.75) is 25.6 Å². The van der Waals surface area contributed by atoms with Crippen LogP contribution in [0.3, 0.4) is 0 Å². The van der Waals surface area contributed by atoms with Crippen LogP contribution < -0.4 is 10.1 Å². The summed E-state index contributed by atoms with van der Waals surface area (Å²) in [5.41, 5.74) is 2.67. The minimum absolute atomic E-state index is 0.179. The summed E-state index contributed by atoms with van der Waals surface area (Å²) in [5, 5.41) is 14.0. The van der Waals surface area contributed by atoms with Gasteiger partial charge in [-0.25, -0.2) is 18.6 Å². The van der Waals surface area contributed by atoms with Gasteiger partial charge in [0.25, 0.3) is 0 Å². The molecule has 0 saturated carbocycles. The minimum atomic E-state index is -2.13. The van der Waals surface area contributed by atoms with Gasteiger partial charge in [-0.2, -0.15) is 4.36 Å². The molecule has 2 aliphatic heterocycles. The Bertz CT molecular complexity index is 1300. The fourth-order valence-electron chi connectivity index (χ4n) is 3.82. The predicted molar refractivity (Wildman–Crippen MR) is 120 cm³/mol. The third kappa shape index (κ3) is 4.13. The van der Waals surface area contributed by atoms with Crippen LogP contribution in [0.25, 0.3) is 10.9 Å². The van der Waals surface area contributed by atoms with Crippen LogP contribution in [0.2, 0.25) is 0 Å². The van der Waals surface area contributed by atoms with Crippen LogP contribution in [0.4, 0.5) is 21.6 Å². The summed E-state index contributed by atoms with van der Waals surface area (Å²) in [5.74, 6) is 1.58. The maximum absolute atomic E-state index is 13.9. The predicted octanol–water partition coefficient (Wildman–Crippen LogP) is 3.46. The van der Waals surface area contributed by atoms with Gasteiger partial charge in [0.2, 0.25) is 0 Å². The highest BCUT2D eigenvalue weighted by atomic mass is 32.2. The van der Waals surface area contributed by atoms with Crippen molar-refractivity contribution in [2.75, 3.05) is 30.0 Å². The van der Waals surface area contributed by atoms with Crippen molar-refractivity contribution in [1.29, 1.82) is 0 Å². The number of aliphatic hydroxyl groups excluding tert-OH is 1. The summed E-state index contributed by atoms with van der Waals surface area (Å²) in [4.78, 5) is 8.74. The van der Waals surface area contributed by atoms with Gasteiger partial charge in [-0.3, -0.25) is 0 Å². The number of hydrogen-bond acceptors (Lipinski definition) is 8. The lowest BCUT2D eigenvalue weighted by Crippen LogP contribution is -2.30. The monoisotopic (exact) mass is 458 g/mol. The molecule has 0 aliphatic carbocycles. The van der Waals surface area contributed by atoms with E-state index in [2.05, 4.69) is 19.6 Å². The summed E-state index contributed by atoms with van der Waals surface area (Å²) in [6, 6.07) is 7.81. The summed E-state index contributed by atoms with van der Waals surface area (Å²) in [7, 11) is -2.13. The number of aliphatic hydroxyl groups is 1. The molecule has 2 atom stereocenters. The number of anilines is 2. The molecule has 1 aromatic heterocycles. The van der Waals surface area contributed by atoms with E-state index in [0.29, 0.717) is 34.2 Å². The van der Waals surface area contributed by atoms with Crippen molar-refractivity contribution < 1.29 is 23.2 Å². The highest BCUT2D eigenvalue weighted by Crippen LogP contribution is 2.35. The number of ether oxygens (including phenoxy) is 2.